The summed E-state index contributed by atoms with van der Waals surface area (Å²) in [4.78, 5) is 6.40. The van der Waals surface area contributed by atoms with Crippen molar-refractivity contribution >= 4 is 26.5 Å². The van der Waals surface area contributed by atoms with E-state index in [4.69, 9.17) is 0 Å². The third kappa shape index (κ3) is 3.25. The highest BCUT2D eigenvalue weighted by molar-refractivity contribution is 7.89. The van der Waals surface area contributed by atoms with Crippen molar-refractivity contribution in [3.63, 3.8) is 0 Å². The van der Waals surface area contributed by atoms with Crippen molar-refractivity contribution in [1.82, 2.24) is 14.6 Å². The van der Waals surface area contributed by atoms with E-state index < -0.39 is 10.0 Å². The molecule has 1 unspecified atom stereocenters. The molecule has 1 N–H and O–H groups in total. The Morgan fingerprint density at radius 3 is 2.63 bits per heavy atom. The zero-order valence-electron chi connectivity index (χ0n) is 11.2. The first-order chi connectivity index (χ1) is 9.05. The lowest BCUT2D eigenvalue weighted by Gasteiger charge is -2.35. The van der Waals surface area contributed by atoms with Crippen molar-refractivity contribution in [2.24, 2.45) is 0 Å². The van der Waals surface area contributed by atoms with Crippen molar-refractivity contribution in [3.8, 4) is 0 Å². The Bertz CT molecular complexity index is 481. The van der Waals surface area contributed by atoms with Crippen molar-refractivity contribution in [3.05, 3.63) is 11.6 Å². The average molecular weight is 304 g/mol. The lowest BCUT2D eigenvalue weighted by molar-refractivity contribution is 0.379. The predicted octanol–water partition coefficient (Wildman–Crippen LogP) is 0.203. The Labute approximate surface area is 118 Å². The molecule has 0 bridgehead atoms. The molecule has 0 radical (unpaired) electrons. The molecule has 1 aliphatic rings. The Morgan fingerprint density at radius 2 is 2.11 bits per heavy atom. The summed E-state index contributed by atoms with van der Waals surface area (Å²) in [5.74, 6) is 0. The molecular formula is C11H20N4O2S2. The fraction of sp³-hybridized carbons (Fsp3) is 0.727. The third-order valence-corrected chi connectivity index (χ3v) is 6.39. The van der Waals surface area contributed by atoms with Gasteiger partial charge in [0.1, 0.15) is 0 Å². The first-order valence-electron chi connectivity index (χ1n) is 6.33. The minimum Gasteiger partial charge on any atom is -0.345 e. The second kappa shape index (κ2) is 6.17. The number of hydrogen-bond donors (Lipinski definition) is 1. The quantitative estimate of drug-likeness (QED) is 0.842. The van der Waals surface area contributed by atoms with Crippen molar-refractivity contribution < 1.29 is 8.42 Å². The van der Waals surface area contributed by atoms with Gasteiger partial charge in [0.25, 0.3) is 0 Å². The molecule has 6 nitrogen and oxygen atoms in total. The molecule has 2 rings (SSSR count). The van der Waals surface area contributed by atoms with Crippen LogP contribution >= 0.6 is 11.3 Å². The van der Waals surface area contributed by atoms with Crippen molar-refractivity contribution in [2.75, 3.05) is 44.7 Å². The Balaban J connectivity index is 1.96. The Hall–Kier alpha value is -0.700. The van der Waals surface area contributed by atoms with Crippen LogP contribution in [0.3, 0.4) is 0 Å². The lowest BCUT2D eigenvalue weighted by atomic mass is 10.4. The smallest absolute Gasteiger partial charge is 0.218 e. The minimum absolute atomic E-state index is 0.385. The van der Waals surface area contributed by atoms with Gasteiger partial charge in [0.2, 0.25) is 10.0 Å². The molecule has 2 heterocycles. The maximum absolute atomic E-state index is 12.3. The Kier molecular flexibility index (Phi) is 4.77. The highest BCUT2D eigenvalue weighted by Gasteiger charge is 2.31. The van der Waals surface area contributed by atoms with Crippen LogP contribution < -0.4 is 10.2 Å². The maximum Gasteiger partial charge on any atom is 0.218 e. The summed E-state index contributed by atoms with van der Waals surface area (Å²) in [7, 11) is -1.42. The van der Waals surface area contributed by atoms with Gasteiger partial charge in [-0.15, -0.1) is 11.3 Å². The molecule has 1 atom stereocenters. The van der Waals surface area contributed by atoms with E-state index in [1.165, 1.54) is 0 Å². The molecule has 0 spiro atoms. The van der Waals surface area contributed by atoms with Gasteiger partial charge in [0.15, 0.2) is 5.13 Å². The predicted molar refractivity (Wildman–Crippen MR) is 78.2 cm³/mol. The molecule has 1 aromatic heterocycles. The van der Waals surface area contributed by atoms with Crippen LogP contribution in [0.1, 0.15) is 6.92 Å². The number of thiazole rings is 1. The van der Waals surface area contributed by atoms with Crippen LogP contribution in [0, 0.1) is 0 Å². The molecule has 8 heteroatoms. The van der Waals surface area contributed by atoms with Crippen LogP contribution in [-0.4, -0.2) is 62.7 Å². The summed E-state index contributed by atoms with van der Waals surface area (Å²) in [5, 5.41) is 5.44. The van der Waals surface area contributed by atoms with Crippen LogP contribution in [0.2, 0.25) is 0 Å². The number of nitrogens with zero attached hydrogens (tertiary/aromatic N) is 3. The maximum atomic E-state index is 12.3. The van der Waals surface area contributed by atoms with E-state index >= 15 is 0 Å². The van der Waals surface area contributed by atoms with Crippen LogP contribution in [-0.2, 0) is 10.0 Å². The van der Waals surface area contributed by atoms with Gasteiger partial charge in [-0.05, 0) is 14.0 Å². The van der Waals surface area contributed by atoms with Gasteiger partial charge in [0.05, 0.1) is 5.25 Å². The molecule has 1 saturated heterocycles. The van der Waals surface area contributed by atoms with Crippen LogP contribution in [0.5, 0.6) is 0 Å². The normalized spacial score (nSPS) is 19.6. The van der Waals surface area contributed by atoms with Gasteiger partial charge in [-0.3, -0.25) is 0 Å². The van der Waals surface area contributed by atoms with Crippen molar-refractivity contribution in [2.45, 2.75) is 12.2 Å². The van der Waals surface area contributed by atoms with Crippen LogP contribution in [0.25, 0.3) is 0 Å². The highest BCUT2D eigenvalue weighted by atomic mass is 32.2. The van der Waals surface area contributed by atoms with Gasteiger partial charge in [-0.2, -0.15) is 4.31 Å². The van der Waals surface area contributed by atoms with Crippen molar-refractivity contribution in [1.29, 1.82) is 0 Å². The summed E-state index contributed by atoms with van der Waals surface area (Å²) in [6.07, 6.45) is 1.78. The monoisotopic (exact) mass is 304 g/mol. The highest BCUT2D eigenvalue weighted by Crippen LogP contribution is 2.20. The molecule has 1 aromatic rings. The third-order valence-electron chi connectivity index (χ3n) is 3.29. The topological polar surface area (TPSA) is 65.5 Å². The van der Waals surface area contributed by atoms with E-state index in [1.54, 1.807) is 35.8 Å². The molecule has 19 heavy (non-hydrogen) atoms. The van der Waals surface area contributed by atoms with E-state index in [2.05, 4.69) is 15.2 Å². The first-order valence-corrected chi connectivity index (χ1v) is 8.72. The molecule has 1 aliphatic heterocycles. The standard InChI is InChI=1S/C11H20N4O2S2/c1-10(9-12-2)19(16,17)15-6-4-14(5-7-15)11-13-3-8-18-11/h3,8,10,12H,4-7,9H2,1-2H3. The van der Waals surface area contributed by atoms with Crippen LogP contribution in [0.4, 0.5) is 5.13 Å². The van der Waals surface area contributed by atoms with Gasteiger partial charge >= 0.3 is 0 Å². The van der Waals surface area contributed by atoms with Gasteiger partial charge < -0.3 is 10.2 Å². The second-order valence-corrected chi connectivity index (χ2v) is 7.84. The number of piperazine rings is 1. The fourth-order valence-corrected chi connectivity index (χ4v) is 4.41. The van der Waals surface area contributed by atoms with E-state index in [-0.39, 0.29) is 5.25 Å². The van der Waals surface area contributed by atoms with E-state index in [9.17, 15) is 8.42 Å². The number of aromatic nitrogens is 1. The summed E-state index contributed by atoms with van der Waals surface area (Å²) < 4.78 is 26.2. The first kappa shape index (κ1) is 14.7. The molecule has 108 valence electrons. The summed E-state index contributed by atoms with van der Waals surface area (Å²) >= 11 is 1.59. The van der Waals surface area contributed by atoms with Gasteiger partial charge in [-0.1, -0.05) is 0 Å². The number of hydrogen-bond acceptors (Lipinski definition) is 6. The molecular weight excluding hydrogens is 284 g/mol. The fourth-order valence-electron chi connectivity index (χ4n) is 2.15. The molecule has 0 amide bonds. The largest absolute Gasteiger partial charge is 0.345 e. The van der Waals surface area contributed by atoms with Gasteiger partial charge in [-0.25, -0.2) is 13.4 Å². The summed E-state index contributed by atoms with van der Waals surface area (Å²) in [6.45, 7) is 4.72. The SMILES string of the molecule is CNCC(C)S(=O)(=O)N1CCN(c2nccs2)CC1. The molecule has 0 saturated carbocycles. The minimum atomic E-state index is -3.19. The lowest BCUT2D eigenvalue weighted by Crippen LogP contribution is -2.51. The number of sulfonamides is 1. The Morgan fingerprint density at radius 1 is 1.42 bits per heavy atom. The van der Waals surface area contributed by atoms with Crippen LogP contribution in [0.15, 0.2) is 11.6 Å². The van der Waals surface area contributed by atoms with E-state index in [1.807, 2.05) is 5.38 Å². The summed E-state index contributed by atoms with van der Waals surface area (Å²) in [5.41, 5.74) is 0. The zero-order valence-corrected chi connectivity index (χ0v) is 12.9. The molecule has 0 aliphatic carbocycles. The molecule has 1 fully saturated rings. The average Bonchev–Trinajstić information content (AvgIpc) is 2.93. The van der Waals surface area contributed by atoms with E-state index in [0.29, 0.717) is 32.7 Å². The number of rotatable bonds is 5. The van der Waals surface area contributed by atoms with E-state index in [0.717, 1.165) is 5.13 Å². The number of nitrogens with one attached hydrogen (secondary N) is 1. The zero-order chi connectivity index (χ0) is 13.9. The second-order valence-electron chi connectivity index (χ2n) is 4.61. The van der Waals surface area contributed by atoms with Gasteiger partial charge in [0, 0.05) is 44.3 Å². The molecule has 0 aromatic carbocycles. The number of anilines is 1. The summed E-state index contributed by atoms with van der Waals surface area (Å²) in [6, 6.07) is 0.